The van der Waals surface area contributed by atoms with Gasteiger partial charge >= 0.3 is 6.18 Å². The van der Waals surface area contributed by atoms with E-state index in [4.69, 9.17) is 23.2 Å². The first-order chi connectivity index (χ1) is 10.5. The van der Waals surface area contributed by atoms with Crippen LogP contribution in [0.1, 0.15) is 5.56 Å². The fraction of sp³-hybridized carbons (Fsp3) is 0.0769. The second kappa shape index (κ2) is 6.18. The van der Waals surface area contributed by atoms with Gasteiger partial charge in [-0.2, -0.15) is 13.2 Å². The van der Waals surface area contributed by atoms with Crippen molar-refractivity contribution < 1.29 is 26.0 Å². The van der Waals surface area contributed by atoms with Crippen molar-refractivity contribution in [3.05, 3.63) is 57.8 Å². The summed E-state index contributed by atoms with van der Waals surface area (Å²) in [6, 6.07) is 4.89. The Hall–Kier alpha value is -1.51. The molecule has 0 fully saturated rings. The number of sulfonamides is 1. The molecule has 2 rings (SSSR count). The summed E-state index contributed by atoms with van der Waals surface area (Å²) in [5.41, 5.74) is -2.05. The highest BCUT2D eigenvalue weighted by Crippen LogP contribution is 2.33. The number of alkyl halides is 3. The van der Waals surface area contributed by atoms with Crippen molar-refractivity contribution in [3.63, 3.8) is 0 Å². The van der Waals surface area contributed by atoms with E-state index in [9.17, 15) is 26.0 Å². The van der Waals surface area contributed by atoms with E-state index in [0.29, 0.717) is 18.2 Å². The van der Waals surface area contributed by atoms with Crippen LogP contribution in [0.5, 0.6) is 0 Å². The van der Waals surface area contributed by atoms with Gasteiger partial charge in [0.15, 0.2) is 0 Å². The highest BCUT2D eigenvalue weighted by molar-refractivity contribution is 7.92. The molecule has 0 radical (unpaired) electrons. The molecular weight excluding hydrogens is 381 g/mol. The maximum Gasteiger partial charge on any atom is 0.416 e. The van der Waals surface area contributed by atoms with Crippen molar-refractivity contribution in [3.8, 4) is 0 Å². The molecule has 0 unspecified atom stereocenters. The number of benzene rings is 2. The lowest BCUT2D eigenvalue weighted by atomic mass is 10.2. The molecule has 1 N–H and O–H groups in total. The molecule has 3 nitrogen and oxygen atoms in total. The van der Waals surface area contributed by atoms with E-state index in [1.807, 2.05) is 0 Å². The summed E-state index contributed by atoms with van der Waals surface area (Å²) in [4.78, 5) is -0.483. The number of rotatable bonds is 3. The normalized spacial score (nSPS) is 12.3. The van der Waals surface area contributed by atoms with Crippen LogP contribution >= 0.6 is 23.2 Å². The molecule has 0 aliphatic rings. The van der Waals surface area contributed by atoms with Crippen molar-refractivity contribution in [2.45, 2.75) is 11.1 Å². The molecule has 0 aliphatic carbocycles. The van der Waals surface area contributed by atoms with Crippen LogP contribution in [-0.2, 0) is 16.2 Å². The van der Waals surface area contributed by atoms with Gasteiger partial charge in [0.1, 0.15) is 10.7 Å². The number of hydrogen-bond acceptors (Lipinski definition) is 2. The van der Waals surface area contributed by atoms with Gasteiger partial charge in [0.2, 0.25) is 0 Å². The van der Waals surface area contributed by atoms with E-state index in [-0.39, 0.29) is 10.0 Å². The minimum Gasteiger partial charge on any atom is -0.277 e. The molecule has 124 valence electrons. The molecule has 0 amide bonds. The Kier molecular flexibility index (Phi) is 4.79. The zero-order valence-electron chi connectivity index (χ0n) is 11.0. The average molecular weight is 388 g/mol. The molecule has 23 heavy (non-hydrogen) atoms. The fourth-order valence-corrected chi connectivity index (χ4v) is 3.48. The molecule has 0 saturated heterocycles. The Balaban J connectivity index is 2.47. The predicted octanol–water partition coefficient (Wildman–Crippen LogP) is 4.95. The lowest BCUT2D eigenvalue weighted by Gasteiger charge is -2.13. The third kappa shape index (κ3) is 4.07. The summed E-state index contributed by atoms with van der Waals surface area (Å²) in [6.07, 6.45) is -4.75. The smallest absolute Gasteiger partial charge is 0.277 e. The van der Waals surface area contributed by atoms with Crippen LogP contribution in [0.2, 0.25) is 10.0 Å². The summed E-state index contributed by atoms with van der Waals surface area (Å²) in [5.74, 6) is -1.17. The molecule has 0 spiro atoms. The first-order valence-corrected chi connectivity index (χ1v) is 8.09. The predicted molar refractivity (Wildman–Crippen MR) is 78.7 cm³/mol. The second-order valence-corrected chi connectivity index (χ2v) is 6.87. The van der Waals surface area contributed by atoms with E-state index < -0.39 is 38.2 Å². The second-order valence-electron chi connectivity index (χ2n) is 4.37. The van der Waals surface area contributed by atoms with E-state index in [2.05, 4.69) is 0 Å². The van der Waals surface area contributed by atoms with Gasteiger partial charge in [-0.05, 0) is 36.4 Å². The van der Waals surface area contributed by atoms with E-state index in [1.165, 1.54) is 12.1 Å². The van der Waals surface area contributed by atoms with Gasteiger partial charge in [-0.25, -0.2) is 12.8 Å². The third-order valence-electron chi connectivity index (χ3n) is 2.72. The summed E-state index contributed by atoms with van der Waals surface area (Å²) >= 11 is 11.4. The van der Waals surface area contributed by atoms with Gasteiger partial charge in [0, 0.05) is 5.02 Å². The lowest BCUT2D eigenvalue weighted by molar-refractivity contribution is -0.137. The molecule has 0 aliphatic heterocycles. The van der Waals surface area contributed by atoms with Crippen LogP contribution in [0.15, 0.2) is 41.3 Å². The topological polar surface area (TPSA) is 46.2 Å². The molecule has 0 bridgehead atoms. The Bertz CT molecular complexity index is 854. The third-order valence-corrected chi connectivity index (χ3v) is 4.80. The van der Waals surface area contributed by atoms with Crippen LogP contribution in [0, 0.1) is 5.82 Å². The molecule has 0 heterocycles. The van der Waals surface area contributed by atoms with Crippen molar-refractivity contribution in [1.82, 2.24) is 0 Å². The lowest BCUT2D eigenvalue weighted by Crippen LogP contribution is -2.15. The first kappa shape index (κ1) is 17.8. The van der Waals surface area contributed by atoms with Gasteiger partial charge in [-0.1, -0.05) is 23.2 Å². The van der Waals surface area contributed by atoms with Crippen molar-refractivity contribution in [2.75, 3.05) is 4.72 Å². The minimum atomic E-state index is -4.75. The molecule has 0 aromatic heterocycles. The highest BCUT2D eigenvalue weighted by Gasteiger charge is 2.32. The van der Waals surface area contributed by atoms with Gasteiger partial charge in [-0.3, -0.25) is 4.72 Å². The van der Waals surface area contributed by atoms with Crippen molar-refractivity contribution >= 4 is 38.9 Å². The van der Waals surface area contributed by atoms with Crippen LogP contribution in [0.25, 0.3) is 0 Å². The fourth-order valence-electron chi connectivity index (χ4n) is 1.66. The minimum absolute atomic E-state index is 0.0410. The SMILES string of the molecule is O=S(=O)(Nc1cc(C(F)(F)F)ccc1F)c1cc(Cl)ccc1Cl. The van der Waals surface area contributed by atoms with E-state index in [1.54, 1.807) is 4.72 Å². The van der Waals surface area contributed by atoms with Gasteiger partial charge in [-0.15, -0.1) is 0 Å². The van der Waals surface area contributed by atoms with Crippen LogP contribution in [0.4, 0.5) is 23.2 Å². The summed E-state index contributed by atoms with van der Waals surface area (Å²) in [6.45, 7) is 0. The van der Waals surface area contributed by atoms with Crippen molar-refractivity contribution in [1.29, 1.82) is 0 Å². The Morgan fingerprint density at radius 1 is 1.00 bits per heavy atom. The number of halogens is 6. The highest BCUT2D eigenvalue weighted by atomic mass is 35.5. The molecule has 2 aromatic carbocycles. The van der Waals surface area contributed by atoms with Crippen LogP contribution in [0.3, 0.4) is 0 Å². The molecule has 0 saturated carbocycles. The van der Waals surface area contributed by atoms with Crippen molar-refractivity contribution in [2.24, 2.45) is 0 Å². The standard InChI is InChI=1S/C13H7Cl2F4NO2S/c14-8-2-3-9(15)12(6-8)23(21,22)20-11-5-7(13(17,18)19)1-4-10(11)16/h1-6,20H. The average Bonchev–Trinajstić information content (AvgIpc) is 2.42. The van der Waals surface area contributed by atoms with Crippen LogP contribution < -0.4 is 4.72 Å². The molecule has 10 heteroatoms. The first-order valence-electron chi connectivity index (χ1n) is 5.85. The summed E-state index contributed by atoms with van der Waals surface area (Å²) in [7, 11) is -4.42. The Labute approximate surface area is 138 Å². The Morgan fingerprint density at radius 3 is 2.26 bits per heavy atom. The zero-order valence-corrected chi connectivity index (χ0v) is 13.3. The summed E-state index contributed by atoms with van der Waals surface area (Å²) < 4.78 is 77.6. The number of anilines is 1. The van der Waals surface area contributed by atoms with Gasteiger partial charge in [0.05, 0.1) is 16.3 Å². The quantitative estimate of drug-likeness (QED) is 0.757. The van der Waals surface area contributed by atoms with Gasteiger partial charge < -0.3 is 0 Å². The van der Waals surface area contributed by atoms with E-state index >= 15 is 0 Å². The van der Waals surface area contributed by atoms with Crippen LogP contribution in [-0.4, -0.2) is 8.42 Å². The largest absolute Gasteiger partial charge is 0.416 e. The summed E-state index contributed by atoms with van der Waals surface area (Å²) in [5, 5.41) is -0.173. The number of hydrogen-bond donors (Lipinski definition) is 1. The maximum absolute atomic E-state index is 13.6. The Morgan fingerprint density at radius 2 is 1.65 bits per heavy atom. The maximum atomic E-state index is 13.6. The molecule has 2 aromatic rings. The van der Waals surface area contributed by atoms with Gasteiger partial charge in [0.25, 0.3) is 10.0 Å². The zero-order chi connectivity index (χ0) is 17.4. The number of nitrogens with one attached hydrogen (secondary N) is 1. The monoisotopic (exact) mass is 387 g/mol. The molecular formula is C13H7Cl2F4NO2S. The molecule has 0 atom stereocenters. The van der Waals surface area contributed by atoms with E-state index in [0.717, 1.165) is 6.07 Å².